The van der Waals surface area contributed by atoms with Crippen molar-refractivity contribution >= 4 is 17.6 Å². The SMILES string of the molecule is O=C(CC[C@H]1O[C@H](CO)[C@@H](O)[C@H](O)[C@@H]1O)Nc1ccc(O)c(C(=O)O)c1. The number of rotatable bonds is 6. The van der Waals surface area contributed by atoms with Crippen molar-refractivity contribution in [3.8, 4) is 5.75 Å². The number of benzene rings is 1. The lowest BCUT2D eigenvalue weighted by Gasteiger charge is -2.40. The molecule has 5 atom stereocenters. The number of phenols is 1. The van der Waals surface area contributed by atoms with E-state index in [0.717, 1.165) is 12.1 Å². The summed E-state index contributed by atoms with van der Waals surface area (Å²) >= 11 is 0. The smallest absolute Gasteiger partial charge is 0.339 e. The molecule has 1 amide bonds. The molecule has 0 radical (unpaired) electrons. The van der Waals surface area contributed by atoms with Crippen LogP contribution in [0.5, 0.6) is 5.75 Å². The van der Waals surface area contributed by atoms with Gasteiger partial charge in [0.05, 0.1) is 12.7 Å². The van der Waals surface area contributed by atoms with Crippen LogP contribution in [0.3, 0.4) is 0 Å². The normalized spacial score (nSPS) is 28.5. The Morgan fingerprint density at radius 1 is 1.08 bits per heavy atom. The molecule has 10 nitrogen and oxygen atoms in total. The van der Waals surface area contributed by atoms with Crippen molar-refractivity contribution in [1.82, 2.24) is 0 Å². The first kappa shape index (κ1) is 20.1. The van der Waals surface area contributed by atoms with Gasteiger partial charge < -0.3 is 40.7 Å². The molecule has 2 rings (SSSR count). The minimum Gasteiger partial charge on any atom is -0.507 e. The average Bonchev–Trinajstić information content (AvgIpc) is 2.60. The number of hydrogen-bond acceptors (Lipinski definition) is 8. The zero-order valence-corrected chi connectivity index (χ0v) is 13.6. The first-order valence-electron chi connectivity index (χ1n) is 7.91. The van der Waals surface area contributed by atoms with Crippen LogP contribution in [-0.4, -0.2) is 79.6 Å². The number of aliphatic hydroxyl groups excluding tert-OH is 4. The minimum absolute atomic E-state index is 0.00283. The van der Waals surface area contributed by atoms with Gasteiger partial charge in [0.25, 0.3) is 0 Å². The van der Waals surface area contributed by atoms with Gasteiger partial charge in [-0.3, -0.25) is 4.79 Å². The molecule has 1 aliphatic heterocycles. The Balaban J connectivity index is 1.94. The topological polar surface area (TPSA) is 177 Å². The molecule has 1 aromatic rings. The number of nitrogens with one attached hydrogen (secondary N) is 1. The maximum absolute atomic E-state index is 12.0. The average molecular weight is 371 g/mol. The van der Waals surface area contributed by atoms with Crippen molar-refractivity contribution in [3.05, 3.63) is 23.8 Å². The first-order valence-corrected chi connectivity index (χ1v) is 7.91. The molecular formula is C16H21NO9. The van der Waals surface area contributed by atoms with E-state index in [1.54, 1.807) is 0 Å². The second-order valence-electron chi connectivity index (χ2n) is 5.99. The van der Waals surface area contributed by atoms with Gasteiger partial charge in [-0.05, 0) is 24.6 Å². The number of amides is 1. The van der Waals surface area contributed by atoms with E-state index < -0.39 is 54.8 Å². The van der Waals surface area contributed by atoms with Crippen LogP contribution in [0.25, 0.3) is 0 Å². The molecule has 10 heteroatoms. The lowest BCUT2D eigenvalue weighted by molar-refractivity contribution is -0.230. The highest BCUT2D eigenvalue weighted by Gasteiger charge is 2.43. The molecule has 0 unspecified atom stereocenters. The lowest BCUT2D eigenvalue weighted by Crippen LogP contribution is -2.58. The van der Waals surface area contributed by atoms with Crippen LogP contribution in [0.15, 0.2) is 18.2 Å². The standard InChI is InChI=1S/C16H21NO9/c18-6-11-14(22)15(23)13(21)10(26-11)3-4-12(20)17-7-1-2-9(19)8(5-7)16(24)25/h1-2,5,10-11,13-15,18-19,21-23H,3-4,6H2,(H,17,20)(H,24,25)/t10-,11-,13-,14-,15-/m1/s1. The fourth-order valence-corrected chi connectivity index (χ4v) is 2.70. The summed E-state index contributed by atoms with van der Waals surface area (Å²) in [6.07, 6.45) is -6.55. The Bertz CT molecular complexity index is 663. The first-order chi connectivity index (χ1) is 12.2. The Morgan fingerprint density at radius 2 is 1.73 bits per heavy atom. The summed E-state index contributed by atoms with van der Waals surface area (Å²) in [6.45, 7) is -0.556. The number of aromatic carboxylic acids is 1. The van der Waals surface area contributed by atoms with Crippen molar-refractivity contribution < 1.29 is 45.0 Å². The van der Waals surface area contributed by atoms with Crippen molar-refractivity contribution in [1.29, 1.82) is 0 Å². The van der Waals surface area contributed by atoms with Gasteiger partial charge in [-0.1, -0.05) is 0 Å². The molecule has 0 aliphatic carbocycles. The maximum Gasteiger partial charge on any atom is 0.339 e. The van der Waals surface area contributed by atoms with Gasteiger partial charge in [-0.2, -0.15) is 0 Å². The highest BCUT2D eigenvalue weighted by Crippen LogP contribution is 2.25. The number of anilines is 1. The van der Waals surface area contributed by atoms with E-state index in [-0.39, 0.29) is 24.1 Å². The molecule has 1 heterocycles. The number of aliphatic hydroxyl groups is 4. The van der Waals surface area contributed by atoms with Gasteiger partial charge in [0.2, 0.25) is 5.91 Å². The Hall–Kier alpha value is -2.24. The second-order valence-corrected chi connectivity index (χ2v) is 5.99. The van der Waals surface area contributed by atoms with Gasteiger partial charge in [0.15, 0.2) is 0 Å². The summed E-state index contributed by atoms with van der Waals surface area (Å²) in [7, 11) is 0. The monoisotopic (exact) mass is 371 g/mol. The summed E-state index contributed by atoms with van der Waals surface area (Å²) in [5, 5.41) is 59.3. The molecule has 0 spiro atoms. The third-order valence-electron chi connectivity index (χ3n) is 4.16. The molecule has 0 saturated carbocycles. The van der Waals surface area contributed by atoms with Crippen LogP contribution in [0.1, 0.15) is 23.2 Å². The number of aromatic hydroxyl groups is 1. The number of carbonyl (C=O) groups excluding carboxylic acids is 1. The zero-order valence-electron chi connectivity index (χ0n) is 13.6. The van der Waals surface area contributed by atoms with Crippen molar-refractivity contribution in [2.45, 2.75) is 43.4 Å². The Labute approximate surface area is 148 Å². The van der Waals surface area contributed by atoms with E-state index in [9.17, 15) is 30.0 Å². The van der Waals surface area contributed by atoms with Gasteiger partial charge in [-0.25, -0.2) is 4.79 Å². The van der Waals surface area contributed by atoms with Crippen molar-refractivity contribution in [2.75, 3.05) is 11.9 Å². The molecule has 0 bridgehead atoms. The number of ether oxygens (including phenoxy) is 1. The van der Waals surface area contributed by atoms with Gasteiger partial charge in [0.1, 0.15) is 35.7 Å². The van der Waals surface area contributed by atoms with Gasteiger partial charge >= 0.3 is 5.97 Å². The molecule has 7 N–H and O–H groups in total. The molecule has 1 aromatic carbocycles. The summed E-state index contributed by atoms with van der Waals surface area (Å²) in [5.41, 5.74) is -0.198. The third kappa shape index (κ3) is 4.48. The third-order valence-corrected chi connectivity index (χ3v) is 4.16. The highest BCUT2D eigenvalue weighted by atomic mass is 16.5. The predicted octanol–water partition coefficient (Wildman–Crippen LogP) is -1.35. The molecule has 1 saturated heterocycles. The molecule has 0 aromatic heterocycles. The molecule has 26 heavy (non-hydrogen) atoms. The van der Waals surface area contributed by atoms with E-state index in [2.05, 4.69) is 5.32 Å². The quantitative estimate of drug-likeness (QED) is 0.298. The molecule has 144 valence electrons. The number of carboxylic acid groups (broad SMARTS) is 1. The number of carboxylic acids is 1. The van der Waals surface area contributed by atoms with Crippen LogP contribution < -0.4 is 5.32 Å². The van der Waals surface area contributed by atoms with Crippen molar-refractivity contribution in [3.63, 3.8) is 0 Å². The van der Waals surface area contributed by atoms with E-state index >= 15 is 0 Å². The van der Waals surface area contributed by atoms with Crippen LogP contribution in [0, 0.1) is 0 Å². The molecular weight excluding hydrogens is 350 g/mol. The fourth-order valence-electron chi connectivity index (χ4n) is 2.70. The van der Waals surface area contributed by atoms with Crippen LogP contribution in [0.4, 0.5) is 5.69 Å². The van der Waals surface area contributed by atoms with Crippen LogP contribution >= 0.6 is 0 Å². The summed E-state index contributed by atoms with van der Waals surface area (Å²) in [5.74, 6) is -2.29. The minimum atomic E-state index is -1.51. The van der Waals surface area contributed by atoms with E-state index in [1.165, 1.54) is 6.07 Å². The zero-order chi connectivity index (χ0) is 19.4. The maximum atomic E-state index is 12.0. The highest BCUT2D eigenvalue weighted by molar-refractivity contribution is 5.95. The van der Waals surface area contributed by atoms with E-state index in [4.69, 9.17) is 14.9 Å². The Kier molecular flexibility index (Phi) is 6.51. The fraction of sp³-hybridized carbons (Fsp3) is 0.500. The number of carbonyl (C=O) groups is 2. The van der Waals surface area contributed by atoms with Gasteiger partial charge in [-0.15, -0.1) is 0 Å². The largest absolute Gasteiger partial charge is 0.507 e. The van der Waals surface area contributed by atoms with Crippen LogP contribution in [0.2, 0.25) is 0 Å². The lowest BCUT2D eigenvalue weighted by atomic mass is 9.93. The van der Waals surface area contributed by atoms with E-state index in [1.807, 2.05) is 0 Å². The number of hydrogen-bond donors (Lipinski definition) is 7. The van der Waals surface area contributed by atoms with Crippen molar-refractivity contribution in [2.24, 2.45) is 0 Å². The van der Waals surface area contributed by atoms with E-state index in [0.29, 0.717) is 0 Å². The second kappa shape index (κ2) is 8.43. The predicted molar refractivity (Wildman–Crippen MR) is 86.7 cm³/mol. The summed E-state index contributed by atoms with van der Waals surface area (Å²) < 4.78 is 5.30. The summed E-state index contributed by atoms with van der Waals surface area (Å²) in [6, 6.07) is 3.56. The van der Waals surface area contributed by atoms with Gasteiger partial charge in [0, 0.05) is 12.1 Å². The summed E-state index contributed by atoms with van der Waals surface area (Å²) in [4.78, 5) is 23.0. The Morgan fingerprint density at radius 3 is 2.35 bits per heavy atom. The van der Waals surface area contributed by atoms with Crippen LogP contribution in [-0.2, 0) is 9.53 Å². The molecule has 1 fully saturated rings. The molecule has 1 aliphatic rings.